The van der Waals surface area contributed by atoms with Crippen LogP contribution in [-0.2, 0) is 6.42 Å². The van der Waals surface area contributed by atoms with Gasteiger partial charge in [-0.05, 0) is 18.1 Å². The lowest BCUT2D eigenvalue weighted by molar-refractivity contribution is -0.0229. The molecule has 1 N–H and O–H groups in total. The lowest BCUT2D eigenvalue weighted by atomic mass is 10.1. The standard InChI is InChI=1S/C11H13F2NO/c1-11(12,13)7-15-9-3-2-8-4-5-14-10(8)6-9/h2-3,6,14H,4-5,7H2,1H3. The molecule has 0 unspecified atom stereocenters. The van der Waals surface area contributed by atoms with Gasteiger partial charge in [0.2, 0.25) is 0 Å². The first-order chi connectivity index (χ1) is 7.04. The summed E-state index contributed by atoms with van der Waals surface area (Å²) >= 11 is 0. The predicted molar refractivity (Wildman–Crippen MR) is 54.8 cm³/mol. The third-order valence-electron chi connectivity index (χ3n) is 2.28. The van der Waals surface area contributed by atoms with E-state index in [4.69, 9.17) is 4.74 Å². The van der Waals surface area contributed by atoms with Crippen molar-refractivity contribution in [3.05, 3.63) is 23.8 Å². The smallest absolute Gasteiger partial charge is 0.278 e. The Morgan fingerprint density at radius 2 is 2.27 bits per heavy atom. The molecule has 2 nitrogen and oxygen atoms in total. The minimum atomic E-state index is -2.79. The lowest BCUT2D eigenvalue weighted by Gasteiger charge is -2.12. The first kappa shape index (κ1) is 10.2. The maximum atomic E-state index is 12.5. The number of benzene rings is 1. The Morgan fingerprint density at radius 3 is 3.00 bits per heavy atom. The fraction of sp³-hybridized carbons (Fsp3) is 0.455. The molecule has 4 heteroatoms. The molecule has 0 atom stereocenters. The van der Waals surface area contributed by atoms with Crippen LogP contribution in [-0.4, -0.2) is 19.1 Å². The van der Waals surface area contributed by atoms with Gasteiger partial charge in [-0.3, -0.25) is 0 Å². The van der Waals surface area contributed by atoms with Crippen molar-refractivity contribution >= 4 is 5.69 Å². The highest BCUT2D eigenvalue weighted by Crippen LogP contribution is 2.27. The zero-order valence-electron chi connectivity index (χ0n) is 8.52. The summed E-state index contributed by atoms with van der Waals surface area (Å²) in [5.41, 5.74) is 2.21. The van der Waals surface area contributed by atoms with Gasteiger partial charge >= 0.3 is 0 Å². The number of halogens is 2. The zero-order valence-corrected chi connectivity index (χ0v) is 8.52. The van der Waals surface area contributed by atoms with E-state index in [1.54, 1.807) is 12.1 Å². The molecule has 1 aromatic carbocycles. The molecule has 1 heterocycles. The molecule has 0 bridgehead atoms. The number of alkyl halides is 2. The summed E-state index contributed by atoms with van der Waals surface area (Å²) in [6.45, 7) is 1.17. The maximum Gasteiger partial charge on any atom is 0.278 e. The third kappa shape index (κ3) is 2.58. The van der Waals surface area contributed by atoms with Crippen molar-refractivity contribution in [2.24, 2.45) is 0 Å². The second-order valence-corrected chi connectivity index (χ2v) is 3.85. The Balaban J connectivity index is 2.04. The monoisotopic (exact) mass is 213 g/mol. The van der Waals surface area contributed by atoms with E-state index in [0.717, 1.165) is 25.6 Å². The molecular weight excluding hydrogens is 200 g/mol. The summed E-state index contributed by atoms with van der Waals surface area (Å²) in [5, 5.41) is 3.17. The van der Waals surface area contributed by atoms with Crippen molar-refractivity contribution in [2.45, 2.75) is 19.3 Å². The van der Waals surface area contributed by atoms with Gasteiger partial charge in [0.1, 0.15) is 5.75 Å². The molecule has 0 radical (unpaired) electrons. The lowest BCUT2D eigenvalue weighted by Crippen LogP contribution is -2.20. The average molecular weight is 213 g/mol. The van der Waals surface area contributed by atoms with E-state index < -0.39 is 12.5 Å². The number of fused-ring (bicyclic) bond motifs is 1. The SMILES string of the molecule is CC(F)(F)COc1ccc2c(c1)NCC2. The van der Waals surface area contributed by atoms with Gasteiger partial charge in [-0.25, -0.2) is 8.78 Å². The van der Waals surface area contributed by atoms with Crippen LogP contribution in [0.4, 0.5) is 14.5 Å². The third-order valence-corrected chi connectivity index (χ3v) is 2.28. The van der Waals surface area contributed by atoms with Crippen molar-refractivity contribution in [1.29, 1.82) is 0 Å². The van der Waals surface area contributed by atoms with Crippen LogP contribution in [0.25, 0.3) is 0 Å². The summed E-state index contributed by atoms with van der Waals surface area (Å²) in [6, 6.07) is 5.42. The highest BCUT2D eigenvalue weighted by atomic mass is 19.3. The molecule has 0 saturated heterocycles. The molecule has 82 valence electrons. The van der Waals surface area contributed by atoms with Crippen LogP contribution in [0, 0.1) is 0 Å². The Morgan fingerprint density at radius 1 is 1.47 bits per heavy atom. The van der Waals surface area contributed by atoms with Gasteiger partial charge < -0.3 is 10.1 Å². The van der Waals surface area contributed by atoms with Crippen LogP contribution in [0.15, 0.2) is 18.2 Å². The van der Waals surface area contributed by atoms with Crippen molar-refractivity contribution < 1.29 is 13.5 Å². The first-order valence-electron chi connectivity index (χ1n) is 4.92. The molecular formula is C11H13F2NO. The quantitative estimate of drug-likeness (QED) is 0.833. The van der Waals surface area contributed by atoms with E-state index in [2.05, 4.69) is 5.32 Å². The van der Waals surface area contributed by atoms with Gasteiger partial charge in [0.25, 0.3) is 5.92 Å². The molecule has 0 amide bonds. The Hall–Kier alpha value is -1.32. The van der Waals surface area contributed by atoms with Crippen LogP contribution < -0.4 is 10.1 Å². The van der Waals surface area contributed by atoms with Crippen LogP contribution in [0.2, 0.25) is 0 Å². The first-order valence-corrected chi connectivity index (χ1v) is 4.92. The van der Waals surface area contributed by atoms with E-state index in [1.807, 2.05) is 6.07 Å². The van der Waals surface area contributed by atoms with Crippen molar-refractivity contribution in [2.75, 3.05) is 18.5 Å². The number of anilines is 1. The molecule has 0 spiro atoms. The molecule has 1 aliphatic rings. The average Bonchev–Trinajstić information content (AvgIpc) is 2.60. The van der Waals surface area contributed by atoms with E-state index in [9.17, 15) is 8.78 Å². The maximum absolute atomic E-state index is 12.5. The number of ether oxygens (including phenoxy) is 1. The summed E-state index contributed by atoms with van der Waals surface area (Å²) in [6.07, 6.45) is 0.986. The van der Waals surface area contributed by atoms with Crippen molar-refractivity contribution in [3.63, 3.8) is 0 Å². The van der Waals surface area contributed by atoms with Crippen LogP contribution in [0.3, 0.4) is 0 Å². The second-order valence-electron chi connectivity index (χ2n) is 3.85. The summed E-state index contributed by atoms with van der Waals surface area (Å²) < 4.78 is 30.1. The van der Waals surface area contributed by atoms with Crippen molar-refractivity contribution in [1.82, 2.24) is 0 Å². The van der Waals surface area contributed by atoms with E-state index in [1.165, 1.54) is 5.56 Å². The van der Waals surface area contributed by atoms with Crippen molar-refractivity contribution in [3.8, 4) is 5.75 Å². The molecule has 2 rings (SSSR count). The zero-order chi connectivity index (χ0) is 10.9. The number of nitrogens with one attached hydrogen (secondary N) is 1. The molecule has 0 aliphatic carbocycles. The summed E-state index contributed by atoms with van der Waals surface area (Å²) in [5.74, 6) is -2.29. The van der Waals surface area contributed by atoms with Gasteiger partial charge in [-0.2, -0.15) is 0 Å². The minimum Gasteiger partial charge on any atom is -0.487 e. The predicted octanol–water partition coefficient (Wildman–Crippen LogP) is 2.69. The molecule has 1 aliphatic heterocycles. The van der Waals surface area contributed by atoms with Gasteiger partial charge in [0.05, 0.1) is 0 Å². The van der Waals surface area contributed by atoms with E-state index in [-0.39, 0.29) is 0 Å². The molecule has 0 aromatic heterocycles. The largest absolute Gasteiger partial charge is 0.487 e. The highest BCUT2D eigenvalue weighted by Gasteiger charge is 2.22. The summed E-state index contributed by atoms with van der Waals surface area (Å²) in [4.78, 5) is 0. The number of hydrogen-bond acceptors (Lipinski definition) is 2. The normalized spacial score (nSPS) is 14.6. The number of rotatable bonds is 3. The fourth-order valence-electron chi connectivity index (χ4n) is 1.57. The van der Waals surface area contributed by atoms with Gasteiger partial charge in [-0.15, -0.1) is 0 Å². The van der Waals surface area contributed by atoms with E-state index >= 15 is 0 Å². The fourth-order valence-corrected chi connectivity index (χ4v) is 1.57. The Kier molecular flexibility index (Phi) is 2.50. The van der Waals surface area contributed by atoms with Crippen LogP contribution in [0.1, 0.15) is 12.5 Å². The second kappa shape index (κ2) is 3.68. The van der Waals surface area contributed by atoms with Crippen LogP contribution in [0.5, 0.6) is 5.75 Å². The molecule has 0 fully saturated rings. The van der Waals surface area contributed by atoms with Crippen LogP contribution >= 0.6 is 0 Å². The Labute approximate surface area is 87.2 Å². The molecule has 1 aromatic rings. The summed E-state index contributed by atoms with van der Waals surface area (Å²) in [7, 11) is 0. The topological polar surface area (TPSA) is 21.3 Å². The van der Waals surface area contributed by atoms with E-state index in [0.29, 0.717) is 5.75 Å². The Bertz CT molecular complexity index is 360. The van der Waals surface area contributed by atoms with Gasteiger partial charge in [0, 0.05) is 25.2 Å². The minimum absolute atomic E-state index is 0.490. The van der Waals surface area contributed by atoms with Gasteiger partial charge in [0.15, 0.2) is 6.61 Å². The van der Waals surface area contributed by atoms with Gasteiger partial charge in [-0.1, -0.05) is 6.07 Å². The highest BCUT2D eigenvalue weighted by molar-refractivity contribution is 5.58. The molecule has 0 saturated carbocycles. The molecule has 15 heavy (non-hydrogen) atoms. The number of hydrogen-bond donors (Lipinski definition) is 1.